The van der Waals surface area contributed by atoms with Gasteiger partial charge in [0.25, 0.3) is 5.56 Å². The zero-order valence-corrected chi connectivity index (χ0v) is 11.8. The van der Waals surface area contributed by atoms with Crippen molar-refractivity contribution in [3.05, 3.63) is 46.2 Å². The normalized spacial score (nSPS) is 10.6. The van der Waals surface area contributed by atoms with Gasteiger partial charge >= 0.3 is 0 Å². The Bertz CT molecular complexity index is 604. The number of nitrogens with zero attached hydrogens (tertiary/aromatic N) is 2. The van der Waals surface area contributed by atoms with Gasteiger partial charge in [-0.1, -0.05) is 0 Å². The third-order valence-electron chi connectivity index (χ3n) is 3.03. The molecule has 0 amide bonds. The maximum absolute atomic E-state index is 12.0. The molecule has 0 saturated carbocycles. The zero-order valence-electron chi connectivity index (χ0n) is 11.8. The largest absolute Gasteiger partial charge is 0.494 e. The van der Waals surface area contributed by atoms with Gasteiger partial charge in [-0.3, -0.25) is 4.79 Å². The minimum atomic E-state index is -0.121. The summed E-state index contributed by atoms with van der Waals surface area (Å²) in [5.41, 5.74) is 7.76. The highest BCUT2D eigenvalue weighted by molar-refractivity contribution is 5.60. The summed E-state index contributed by atoms with van der Waals surface area (Å²) in [6, 6.07) is 9.40. The molecule has 1 aromatic carbocycles. The smallest absolute Gasteiger partial charge is 0.271 e. The highest BCUT2D eigenvalue weighted by atomic mass is 16.5. The van der Waals surface area contributed by atoms with Gasteiger partial charge in [-0.15, -0.1) is 0 Å². The molecule has 0 aliphatic heterocycles. The fourth-order valence-corrected chi connectivity index (χ4v) is 1.99. The second-order valence-electron chi connectivity index (χ2n) is 4.34. The molecule has 5 nitrogen and oxygen atoms in total. The van der Waals surface area contributed by atoms with E-state index >= 15 is 0 Å². The molecule has 2 aromatic rings. The molecule has 106 valence electrons. The van der Waals surface area contributed by atoms with Crippen LogP contribution in [-0.4, -0.2) is 16.4 Å². The molecule has 2 rings (SSSR count). The van der Waals surface area contributed by atoms with E-state index in [9.17, 15) is 4.79 Å². The van der Waals surface area contributed by atoms with E-state index in [-0.39, 0.29) is 12.1 Å². The van der Waals surface area contributed by atoms with Crippen LogP contribution in [0.25, 0.3) is 11.3 Å². The maximum atomic E-state index is 12.0. The molecule has 0 fully saturated rings. The molecule has 0 spiro atoms. The predicted molar refractivity (Wildman–Crippen MR) is 78.7 cm³/mol. The molecule has 0 bridgehead atoms. The van der Waals surface area contributed by atoms with Gasteiger partial charge in [-0.05, 0) is 44.2 Å². The first-order valence-electron chi connectivity index (χ1n) is 6.74. The Hall–Kier alpha value is -2.14. The summed E-state index contributed by atoms with van der Waals surface area (Å²) in [6.07, 6.45) is 0. The van der Waals surface area contributed by atoms with Crippen molar-refractivity contribution in [2.24, 2.45) is 5.73 Å². The molecule has 1 aromatic heterocycles. The predicted octanol–water partition coefficient (Wildman–Crippen LogP) is 1.79. The quantitative estimate of drug-likeness (QED) is 0.901. The van der Waals surface area contributed by atoms with Crippen molar-refractivity contribution >= 4 is 0 Å². The second-order valence-corrected chi connectivity index (χ2v) is 4.34. The Morgan fingerprint density at radius 3 is 2.50 bits per heavy atom. The Labute approximate surface area is 118 Å². The molecule has 2 N–H and O–H groups in total. The van der Waals surface area contributed by atoms with E-state index in [1.54, 1.807) is 6.07 Å². The van der Waals surface area contributed by atoms with Gasteiger partial charge < -0.3 is 10.5 Å². The van der Waals surface area contributed by atoms with E-state index < -0.39 is 0 Å². The monoisotopic (exact) mass is 273 g/mol. The van der Waals surface area contributed by atoms with Crippen LogP contribution in [-0.2, 0) is 13.1 Å². The number of aromatic nitrogens is 2. The van der Waals surface area contributed by atoms with E-state index in [1.165, 1.54) is 4.68 Å². The third-order valence-corrected chi connectivity index (χ3v) is 3.03. The first-order chi connectivity index (χ1) is 9.69. The molecule has 0 unspecified atom stereocenters. The molecule has 20 heavy (non-hydrogen) atoms. The van der Waals surface area contributed by atoms with Crippen LogP contribution in [0, 0.1) is 0 Å². The van der Waals surface area contributed by atoms with Crippen molar-refractivity contribution in [2.75, 3.05) is 6.61 Å². The Morgan fingerprint density at radius 1 is 1.25 bits per heavy atom. The van der Waals surface area contributed by atoms with Gasteiger partial charge in [0, 0.05) is 24.2 Å². The molecular formula is C15H19N3O2. The number of hydrogen-bond donors (Lipinski definition) is 1. The average molecular weight is 273 g/mol. The Balaban J connectivity index is 2.44. The van der Waals surface area contributed by atoms with Crippen LogP contribution < -0.4 is 16.0 Å². The van der Waals surface area contributed by atoms with Crippen molar-refractivity contribution in [1.29, 1.82) is 0 Å². The van der Waals surface area contributed by atoms with Gasteiger partial charge in [-0.2, -0.15) is 5.10 Å². The highest BCUT2D eigenvalue weighted by Gasteiger charge is 2.08. The van der Waals surface area contributed by atoms with Crippen LogP contribution in [0.15, 0.2) is 35.1 Å². The molecule has 0 saturated heterocycles. The first kappa shape index (κ1) is 14.3. The summed E-state index contributed by atoms with van der Waals surface area (Å²) in [5.74, 6) is 0.819. The summed E-state index contributed by atoms with van der Waals surface area (Å²) >= 11 is 0. The first-order valence-corrected chi connectivity index (χ1v) is 6.74. The van der Waals surface area contributed by atoms with E-state index in [1.807, 2.05) is 38.1 Å². The molecule has 1 heterocycles. The van der Waals surface area contributed by atoms with Gasteiger partial charge in [0.1, 0.15) is 5.75 Å². The van der Waals surface area contributed by atoms with Gasteiger partial charge in [0.2, 0.25) is 0 Å². The van der Waals surface area contributed by atoms with Crippen LogP contribution >= 0.6 is 0 Å². The Morgan fingerprint density at radius 2 is 1.95 bits per heavy atom. The van der Waals surface area contributed by atoms with Crippen LogP contribution in [0.5, 0.6) is 5.75 Å². The Kier molecular flexibility index (Phi) is 4.53. The molecule has 5 heteroatoms. The number of hydrogen-bond acceptors (Lipinski definition) is 4. The van der Waals surface area contributed by atoms with Crippen LogP contribution in [0.3, 0.4) is 0 Å². The third kappa shape index (κ3) is 2.88. The lowest BCUT2D eigenvalue weighted by Crippen LogP contribution is -2.27. The van der Waals surface area contributed by atoms with Gasteiger partial charge in [-0.25, -0.2) is 4.68 Å². The van der Waals surface area contributed by atoms with Crippen LogP contribution in [0.4, 0.5) is 0 Å². The molecule has 0 aliphatic rings. The van der Waals surface area contributed by atoms with E-state index in [0.717, 1.165) is 17.0 Å². The van der Waals surface area contributed by atoms with Crippen molar-refractivity contribution < 1.29 is 4.74 Å². The lowest BCUT2D eigenvalue weighted by Gasteiger charge is -2.09. The second kappa shape index (κ2) is 6.34. The van der Waals surface area contributed by atoms with Crippen LogP contribution in [0.2, 0.25) is 0 Å². The summed E-state index contributed by atoms with van der Waals surface area (Å²) in [4.78, 5) is 12.0. The number of aryl methyl sites for hydroxylation is 1. The fourth-order valence-electron chi connectivity index (χ4n) is 1.99. The molecule has 0 radical (unpaired) electrons. The molecule has 0 atom stereocenters. The number of rotatable bonds is 5. The van der Waals surface area contributed by atoms with E-state index in [0.29, 0.717) is 18.7 Å². The lowest BCUT2D eigenvalue weighted by atomic mass is 10.1. The van der Waals surface area contributed by atoms with Crippen molar-refractivity contribution in [2.45, 2.75) is 26.9 Å². The highest BCUT2D eigenvalue weighted by Crippen LogP contribution is 2.20. The average Bonchev–Trinajstić information content (AvgIpc) is 2.49. The SMILES string of the molecule is CCOc1ccc(-c2cc(CN)c(=O)n(CC)n2)cc1. The summed E-state index contributed by atoms with van der Waals surface area (Å²) in [7, 11) is 0. The zero-order chi connectivity index (χ0) is 14.5. The van der Waals surface area contributed by atoms with E-state index in [2.05, 4.69) is 5.10 Å². The van der Waals surface area contributed by atoms with Crippen molar-refractivity contribution in [1.82, 2.24) is 9.78 Å². The molecule has 0 aliphatic carbocycles. The number of ether oxygens (including phenoxy) is 1. The summed E-state index contributed by atoms with van der Waals surface area (Å²) in [5, 5.41) is 4.35. The molecular weight excluding hydrogens is 254 g/mol. The number of benzene rings is 1. The standard InChI is InChI=1S/C15H19N3O2/c1-3-18-15(19)12(10-16)9-14(17-18)11-5-7-13(8-6-11)20-4-2/h5-9H,3-4,10,16H2,1-2H3. The van der Waals surface area contributed by atoms with Gasteiger partial charge in [0.15, 0.2) is 0 Å². The topological polar surface area (TPSA) is 70.1 Å². The lowest BCUT2D eigenvalue weighted by molar-refractivity contribution is 0.340. The maximum Gasteiger partial charge on any atom is 0.271 e. The minimum Gasteiger partial charge on any atom is -0.494 e. The fraction of sp³-hybridized carbons (Fsp3) is 0.333. The van der Waals surface area contributed by atoms with Gasteiger partial charge in [0.05, 0.1) is 12.3 Å². The van der Waals surface area contributed by atoms with Crippen molar-refractivity contribution in [3.63, 3.8) is 0 Å². The summed E-state index contributed by atoms with van der Waals surface area (Å²) < 4.78 is 6.85. The van der Waals surface area contributed by atoms with Crippen LogP contribution in [0.1, 0.15) is 19.4 Å². The van der Waals surface area contributed by atoms with Crippen molar-refractivity contribution in [3.8, 4) is 17.0 Å². The minimum absolute atomic E-state index is 0.121. The summed E-state index contributed by atoms with van der Waals surface area (Å²) in [6.45, 7) is 5.20. The van der Waals surface area contributed by atoms with E-state index in [4.69, 9.17) is 10.5 Å². The number of nitrogens with two attached hydrogens (primary N) is 1.